The Morgan fingerprint density at radius 3 is 2.64 bits per heavy atom. The van der Waals surface area contributed by atoms with E-state index in [1.807, 2.05) is 11.0 Å². The first-order valence-electron chi connectivity index (χ1n) is 9.13. The third kappa shape index (κ3) is 3.49. The summed E-state index contributed by atoms with van der Waals surface area (Å²) in [7, 11) is -3.54. The van der Waals surface area contributed by atoms with Crippen molar-refractivity contribution in [2.45, 2.75) is 17.9 Å². The van der Waals surface area contributed by atoms with Gasteiger partial charge < -0.3 is 9.64 Å². The van der Waals surface area contributed by atoms with Crippen molar-refractivity contribution in [1.82, 2.24) is 4.31 Å². The number of halogens is 1. The fourth-order valence-electron chi connectivity index (χ4n) is 3.68. The molecular formula is C20H20FN3O3S. The molecule has 0 N–H and O–H groups in total. The van der Waals surface area contributed by atoms with Crippen LogP contribution in [0.5, 0.6) is 0 Å². The van der Waals surface area contributed by atoms with Crippen LogP contribution in [0.4, 0.5) is 10.1 Å². The lowest BCUT2D eigenvalue weighted by Crippen LogP contribution is -2.40. The van der Waals surface area contributed by atoms with E-state index in [0.29, 0.717) is 56.9 Å². The first kappa shape index (κ1) is 18.9. The van der Waals surface area contributed by atoms with E-state index in [1.54, 1.807) is 24.3 Å². The molecule has 28 heavy (non-hydrogen) atoms. The van der Waals surface area contributed by atoms with E-state index in [4.69, 9.17) is 10.00 Å². The van der Waals surface area contributed by atoms with Crippen LogP contribution in [0.2, 0.25) is 0 Å². The van der Waals surface area contributed by atoms with Crippen molar-refractivity contribution < 1.29 is 17.5 Å². The van der Waals surface area contributed by atoms with Crippen LogP contribution in [-0.4, -0.2) is 45.6 Å². The summed E-state index contributed by atoms with van der Waals surface area (Å²) in [5.74, 6) is -0.348. The molecule has 2 aromatic carbocycles. The topological polar surface area (TPSA) is 73.6 Å². The van der Waals surface area contributed by atoms with Crippen molar-refractivity contribution in [3.63, 3.8) is 0 Å². The summed E-state index contributed by atoms with van der Waals surface area (Å²) in [5, 5.41) is 9.03. The van der Waals surface area contributed by atoms with Crippen LogP contribution >= 0.6 is 0 Å². The van der Waals surface area contributed by atoms with Gasteiger partial charge in [-0.3, -0.25) is 0 Å². The molecule has 1 fully saturated rings. The molecule has 0 amide bonds. The summed E-state index contributed by atoms with van der Waals surface area (Å²) in [5.41, 5.74) is 2.72. The number of ether oxygens (including phenoxy) is 1. The Balaban J connectivity index is 1.58. The third-order valence-corrected chi connectivity index (χ3v) is 7.08. The smallest absolute Gasteiger partial charge is 0.243 e. The van der Waals surface area contributed by atoms with Crippen molar-refractivity contribution in [2.75, 3.05) is 37.7 Å². The number of benzene rings is 2. The molecule has 0 aromatic heterocycles. The molecule has 0 spiro atoms. The van der Waals surface area contributed by atoms with E-state index < -0.39 is 10.0 Å². The summed E-state index contributed by atoms with van der Waals surface area (Å²) in [4.78, 5) is 2.30. The highest BCUT2D eigenvalue weighted by molar-refractivity contribution is 7.89. The quantitative estimate of drug-likeness (QED) is 0.786. The zero-order valence-electron chi connectivity index (χ0n) is 15.3. The molecule has 4 rings (SSSR count). The van der Waals surface area contributed by atoms with E-state index in [0.717, 1.165) is 11.3 Å². The molecule has 0 saturated carbocycles. The first-order valence-corrected chi connectivity index (χ1v) is 10.6. The summed E-state index contributed by atoms with van der Waals surface area (Å²) in [6.45, 7) is 2.55. The Kier molecular flexibility index (Phi) is 5.06. The second-order valence-electron chi connectivity index (χ2n) is 6.90. The standard InChI is InChI=1S/C20H20FN3O3S/c21-19-3-1-15(13-22)11-17(19)14-23-6-5-16-12-18(2-4-20(16)23)28(25,26)24-7-9-27-10-8-24/h1-4,11-12H,5-10,14H2. The Morgan fingerprint density at radius 1 is 1.11 bits per heavy atom. The lowest BCUT2D eigenvalue weighted by Gasteiger charge is -2.26. The van der Waals surface area contributed by atoms with Crippen LogP contribution in [0.25, 0.3) is 0 Å². The van der Waals surface area contributed by atoms with E-state index in [9.17, 15) is 12.8 Å². The number of morpholine rings is 1. The van der Waals surface area contributed by atoms with Crippen LogP contribution in [0.1, 0.15) is 16.7 Å². The van der Waals surface area contributed by atoms with Gasteiger partial charge in [0.25, 0.3) is 0 Å². The van der Waals surface area contributed by atoms with Gasteiger partial charge in [0.15, 0.2) is 0 Å². The zero-order valence-corrected chi connectivity index (χ0v) is 16.1. The second kappa shape index (κ2) is 7.51. The van der Waals surface area contributed by atoms with E-state index in [2.05, 4.69) is 0 Å². The minimum absolute atomic E-state index is 0.285. The molecule has 0 radical (unpaired) electrons. The van der Waals surface area contributed by atoms with E-state index >= 15 is 0 Å². The fourth-order valence-corrected chi connectivity index (χ4v) is 5.14. The van der Waals surface area contributed by atoms with Gasteiger partial charge in [-0.15, -0.1) is 0 Å². The van der Waals surface area contributed by atoms with Crippen LogP contribution in [0, 0.1) is 17.1 Å². The molecule has 8 heteroatoms. The molecule has 0 aliphatic carbocycles. The van der Waals surface area contributed by atoms with Gasteiger partial charge in [-0.25, -0.2) is 12.8 Å². The van der Waals surface area contributed by atoms with Gasteiger partial charge in [-0.1, -0.05) is 0 Å². The highest BCUT2D eigenvalue weighted by atomic mass is 32.2. The van der Waals surface area contributed by atoms with Crippen molar-refractivity contribution >= 4 is 15.7 Å². The molecule has 6 nitrogen and oxygen atoms in total. The van der Waals surface area contributed by atoms with Crippen LogP contribution < -0.4 is 4.90 Å². The molecule has 0 atom stereocenters. The Labute approximate surface area is 163 Å². The van der Waals surface area contributed by atoms with Gasteiger partial charge in [0.05, 0.1) is 29.7 Å². The summed E-state index contributed by atoms with van der Waals surface area (Å²) >= 11 is 0. The molecule has 146 valence electrons. The van der Waals surface area contributed by atoms with Gasteiger partial charge in [-0.2, -0.15) is 9.57 Å². The fraction of sp³-hybridized carbons (Fsp3) is 0.350. The number of nitrogens with zero attached hydrogens (tertiary/aromatic N) is 3. The largest absolute Gasteiger partial charge is 0.379 e. The summed E-state index contributed by atoms with van der Waals surface area (Å²) < 4.78 is 46.5. The van der Waals surface area contributed by atoms with Crippen molar-refractivity contribution in [1.29, 1.82) is 5.26 Å². The Hall–Kier alpha value is -2.47. The average molecular weight is 401 g/mol. The summed E-state index contributed by atoms with van der Waals surface area (Å²) in [6, 6.07) is 11.5. The van der Waals surface area contributed by atoms with Crippen molar-refractivity contribution in [3.8, 4) is 6.07 Å². The maximum absolute atomic E-state index is 14.1. The normalized spacial score (nSPS) is 17.4. The lowest BCUT2D eigenvalue weighted by molar-refractivity contribution is 0.0730. The predicted octanol–water partition coefficient (Wildman–Crippen LogP) is 2.28. The number of nitriles is 1. The Morgan fingerprint density at radius 2 is 1.89 bits per heavy atom. The van der Waals surface area contributed by atoms with Crippen molar-refractivity contribution in [2.24, 2.45) is 0 Å². The number of hydrogen-bond acceptors (Lipinski definition) is 5. The maximum atomic E-state index is 14.1. The highest BCUT2D eigenvalue weighted by Crippen LogP contribution is 2.32. The van der Waals surface area contributed by atoms with Gasteiger partial charge in [-0.05, 0) is 48.4 Å². The molecule has 2 heterocycles. The first-order chi connectivity index (χ1) is 13.5. The molecule has 2 aliphatic heterocycles. The highest BCUT2D eigenvalue weighted by Gasteiger charge is 2.28. The van der Waals surface area contributed by atoms with Gasteiger partial charge >= 0.3 is 0 Å². The molecule has 2 aromatic rings. The third-order valence-electron chi connectivity index (χ3n) is 5.19. The number of sulfonamides is 1. The van der Waals surface area contributed by atoms with Gasteiger partial charge in [0.1, 0.15) is 5.82 Å². The van der Waals surface area contributed by atoms with Crippen LogP contribution in [0.15, 0.2) is 41.3 Å². The van der Waals surface area contributed by atoms with E-state index in [1.165, 1.54) is 16.4 Å². The molecule has 2 aliphatic rings. The zero-order chi connectivity index (χ0) is 19.7. The number of hydrogen-bond donors (Lipinski definition) is 0. The van der Waals surface area contributed by atoms with E-state index in [-0.39, 0.29) is 10.7 Å². The second-order valence-corrected chi connectivity index (χ2v) is 8.83. The van der Waals surface area contributed by atoms with Gasteiger partial charge in [0.2, 0.25) is 10.0 Å². The number of fused-ring (bicyclic) bond motifs is 1. The molecular weight excluding hydrogens is 381 g/mol. The number of rotatable bonds is 4. The SMILES string of the molecule is N#Cc1ccc(F)c(CN2CCc3cc(S(=O)(=O)N4CCOCC4)ccc32)c1. The predicted molar refractivity (Wildman–Crippen MR) is 102 cm³/mol. The molecule has 0 unspecified atom stereocenters. The Bertz CT molecular complexity index is 1040. The monoisotopic (exact) mass is 401 g/mol. The minimum Gasteiger partial charge on any atom is -0.379 e. The molecule has 0 bridgehead atoms. The molecule has 1 saturated heterocycles. The maximum Gasteiger partial charge on any atom is 0.243 e. The average Bonchev–Trinajstić information content (AvgIpc) is 3.12. The summed E-state index contributed by atoms with van der Waals surface area (Å²) in [6.07, 6.45) is 0.696. The minimum atomic E-state index is -3.54. The van der Waals surface area contributed by atoms with Crippen LogP contribution in [-0.2, 0) is 27.7 Å². The van der Waals surface area contributed by atoms with Gasteiger partial charge in [0, 0.05) is 37.4 Å². The van der Waals surface area contributed by atoms with Crippen LogP contribution in [0.3, 0.4) is 0 Å². The number of anilines is 1. The van der Waals surface area contributed by atoms with Crippen molar-refractivity contribution in [3.05, 3.63) is 58.9 Å². The lowest BCUT2D eigenvalue weighted by atomic mass is 10.1.